The maximum absolute atomic E-state index is 12.8. The number of carbonyl (C=O) groups excluding carboxylic acids is 1. The van der Waals surface area contributed by atoms with Gasteiger partial charge in [0.25, 0.3) is 5.91 Å². The highest BCUT2D eigenvalue weighted by Gasteiger charge is 2.13. The lowest BCUT2D eigenvalue weighted by Gasteiger charge is -2.14. The normalized spacial score (nSPS) is 10.5. The summed E-state index contributed by atoms with van der Waals surface area (Å²) in [5.74, 6) is 1.08. The van der Waals surface area contributed by atoms with Crippen LogP contribution in [0.15, 0.2) is 60.7 Å². The summed E-state index contributed by atoms with van der Waals surface area (Å²) in [5.41, 5.74) is 4.28. The number of carbonyl (C=O) groups is 1. The lowest BCUT2D eigenvalue weighted by molar-refractivity contribution is 0.102. The van der Waals surface area contributed by atoms with Crippen LogP contribution in [0.1, 0.15) is 34.0 Å². The molecule has 0 atom stereocenters. The topological polar surface area (TPSA) is 47.6 Å². The largest absolute Gasteiger partial charge is 0.493 e. The Morgan fingerprint density at radius 3 is 2.34 bits per heavy atom. The Labute approximate surface area is 176 Å². The van der Waals surface area contributed by atoms with Gasteiger partial charge in [-0.2, -0.15) is 0 Å². The van der Waals surface area contributed by atoms with E-state index < -0.39 is 0 Å². The van der Waals surface area contributed by atoms with Gasteiger partial charge >= 0.3 is 0 Å². The van der Waals surface area contributed by atoms with Crippen LogP contribution < -0.4 is 14.8 Å². The Kier molecular flexibility index (Phi) is 6.78. The van der Waals surface area contributed by atoms with Crippen molar-refractivity contribution in [2.24, 2.45) is 0 Å². The molecule has 0 unspecified atom stereocenters. The van der Waals surface area contributed by atoms with E-state index in [4.69, 9.17) is 21.1 Å². The highest BCUT2D eigenvalue weighted by atomic mass is 35.5. The van der Waals surface area contributed by atoms with Crippen LogP contribution in [-0.4, -0.2) is 12.5 Å². The zero-order chi connectivity index (χ0) is 20.8. The molecular formula is C24H24ClNO3. The van der Waals surface area contributed by atoms with Gasteiger partial charge in [0.15, 0.2) is 0 Å². The molecule has 5 heteroatoms. The maximum atomic E-state index is 12.8. The Morgan fingerprint density at radius 1 is 0.931 bits per heavy atom. The van der Waals surface area contributed by atoms with Gasteiger partial charge in [0.05, 0.1) is 11.6 Å². The van der Waals surface area contributed by atoms with Crippen molar-refractivity contribution in [2.75, 3.05) is 11.9 Å². The first kappa shape index (κ1) is 20.7. The molecule has 0 saturated carbocycles. The second kappa shape index (κ2) is 9.48. The minimum Gasteiger partial charge on any atom is -0.493 e. The average Bonchev–Trinajstić information content (AvgIpc) is 2.67. The maximum Gasteiger partial charge on any atom is 0.255 e. The molecule has 0 fully saturated rings. The average molecular weight is 410 g/mol. The molecule has 0 radical (unpaired) electrons. The lowest BCUT2D eigenvalue weighted by Crippen LogP contribution is -2.13. The summed E-state index contributed by atoms with van der Waals surface area (Å²) < 4.78 is 11.5. The molecule has 0 aliphatic rings. The van der Waals surface area contributed by atoms with Crippen LogP contribution in [0.3, 0.4) is 0 Å². The third kappa shape index (κ3) is 5.52. The molecule has 1 amide bonds. The van der Waals surface area contributed by atoms with Gasteiger partial charge in [-0.1, -0.05) is 29.8 Å². The van der Waals surface area contributed by atoms with E-state index in [9.17, 15) is 4.79 Å². The van der Waals surface area contributed by atoms with Gasteiger partial charge in [-0.15, -0.1) is 0 Å². The van der Waals surface area contributed by atoms with Crippen LogP contribution in [0, 0.1) is 13.8 Å². The fourth-order valence-electron chi connectivity index (χ4n) is 3.10. The Balaban J connectivity index is 1.81. The predicted molar refractivity (Wildman–Crippen MR) is 117 cm³/mol. The van der Waals surface area contributed by atoms with E-state index in [0.29, 0.717) is 28.7 Å². The number of ether oxygens (including phenoxy) is 2. The van der Waals surface area contributed by atoms with Crippen LogP contribution in [0.4, 0.5) is 5.69 Å². The van der Waals surface area contributed by atoms with E-state index in [2.05, 4.69) is 11.4 Å². The van der Waals surface area contributed by atoms with Gasteiger partial charge in [-0.05, 0) is 74.4 Å². The Bertz CT molecular complexity index is 997. The van der Waals surface area contributed by atoms with Crippen molar-refractivity contribution < 1.29 is 14.3 Å². The molecule has 0 bridgehead atoms. The van der Waals surface area contributed by atoms with Crippen LogP contribution in [0.5, 0.6) is 11.5 Å². The summed E-state index contributed by atoms with van der Waals surface area (Å²) in [7, 11) is 0. The first-order chi connectivity index (χ1) is 14.0. The number of benzene rings is 3. The number of hydrogen-bond donors (Lipinski definition) is 1. The Hall–Kier alpha value is -2.98. The number of nitrogens with one attached hydrogen (secondary N) is 1. The van der Waals surface area contributed by atoms with Crippen LogP contribution >= 0.6 is 11.6 Å². The third-order valence-corrected chi connectivity index (χ3v) is 4.63. The minimum atomic E-state index is -0.183. The Morgan fingerprint density at radius 2 is 1.66 bits per heavy atom. The SMILES string of the molecule is CCOc1ccc(C(=O)Nc2cc(C)cc(C)c2)cc1COc1ccccc1Cl. The van der Waals surface area contributed by atoms with Gasteiger partial charge in [0.2, 0.25) is 0 Å². The first-order valence-corrected chi connectivity index (χ1v) is 9.86. The highest BCUT2D eigenvalue weighted by molar-refractivity contribution is 6.32. The van der Waals surface area contributed by atoms with Crippen molar-refractivity contribution in [1.82, 2.24) is 0 Å². The lowest BCUT2D eigenvalue weighted by atomic mass is 10.1. The van der Waals surface area contributed by atoms with Crippen LogP contribution in [0.2, 0.25) is 5.02 Å². The monoisotopic (exact) mass is 409 g/mol. The van der Waals surface area contributed by atoms with Gasteiger partial charge in [-0.25, -0.2) is 0 Å². The molecule has 0 spiro atoms. The van der Waals surface area contributed by atoms with Gasteiger partial charge in [0, 0.05) is 16.8 Å². The van der Waals surface area contributed by atoms with Crippen LogP contribution in [0.25, 0.3) is 0 Å². The standard InChI is InChI=1S/C24H24ClNO3/c1-4-28-22-10-9-18(24(27)26-20-12-16(2)11-17(3)13-20)14-19(22)15-29-23-8-6-5-7-21(23)25/h5-14H,4,15H2,1-3H3,(H,26,27). The molecule has 3 aromatic rings. The van der Waals surface area contributed by atoms with Crippen molar-refractivity contribution in [2.45, 2.75) is 27.4 Å². The van der Waals surface area contributed by atoms with Crippen molar-refractivity contribution in [3.05, 3.63) is 87.9 Å². The summed E-state index contributed by atoms with van der Waals surface area (Å²) >= 11 is 6.17. The van der Waals surface area contributed by atoms with Crippen molar-refractivity contribution in [1.29, 1.82) is 0 Å². The van der Waals surface area contributed by atoms with E-state index in [-0.39, 0.29) is 12.5 Å². The smallest absolute Gasteiger partial charge is 0.255 e. The van der Waals surface area contributed by atoms with Gasteiger partial charge in [0.1, 0.15) is 18.1 Å². The van der Waals surface area contributed by atoms with Gasteiger partial charge in [-0.3, -0.25) is 4.79 Å². The second-order valence-corrected chi connectivity index (χ2v) is 7.21. The summed E-state index contributed by atoms with van der Waals surface area (Å²) in [6.45, 7) is 6.68. The van der Waals surface area contributed by atoms with E-state index >= 15 is 0 Å². The summed E-state index contributed by atoms with van der Waals surface area (Å²) in [4.78, 5) is 12.8. The number of hydrogen-bond acceptors (Lipinski definition) is 3. The zero-order valence-corrected chi connectivity index (χ0v) is 17.5. The van der Waals surface area contributed by atoms with Crippen LogP contribution in [-0.2, 0) is 6.61 Å². The fraction of sp³-hybridized carbons (Fsp3) is 0.208. The number of halogens is 1. The second-order valence-electron chi connectivity index (χ2n) is 6.81. The molecule has 0 aromatic heterocycles. The summed E-state index contributed by atoms with van der Waals surface area (Å²) in [5, 5.41) is 3.50. The summed E-state index contributed by atoms with van der Waals surface area (Å²) in [6.07, 6.45) is 0. The van der Waals surface area contributed by atoms with E-state index in [1.165, 1.54) is 0 Å². The van der Waals surface area contributed by atoms with Crippen molar-refractivity contribution in [3.8, 4) is 11.5 Å². The number of rotatable bonds is 7. The molecule has 0 aliphatic heterocycles. The molecular weight excluding hydrogens is 386 g/mol. The quantitative estimate of drug-likeness (QED) is 0.506. The fourth-order valence-corrected chi connectivity index (χ4v) is 3.29. The van der Waals surface area contributed by atoms with Crippen molar-refractivity contribution in [3.63, 3.8) is 0 Å². The zero-order valence-electron chi connectivity index (χ0n) is 16.8. The summed E-state index contributed by atoms with van der Waals surface area (Å²) in [6, 6.07) is 18.6. The third-order valence-electron chi connectivity index (χ3n) is 4.32. The minimum absolute atomic E-state index is 0.183. The molecule has 3 rings (SSSR count). The van der Waals surface area contributed by atoms with Gasteiger partial charge < -0.3 is 14.8 Å². The number of anilines is 1. The highest BCUT2D eigenvalue weighted by Crippen LogP contribution is 2.27. The number of aryl methyl sites for hydroxylation is 2. The molecule has 0 aliphatic carbocycles. The molecule has 150 valence electrons. The first-order valence-electron chi connectivity index (χ1n) is 9.49. The number of amides is 1. The molecule has 1 N–H and O–H groups in total. The predicted octanol–water partition coefficient (Wildman–Crippen LogP) is 6.19. The molecule has 0 saturated heterocycles. The number of para-hydroxylation sites is 1. The molecule has 0 heterocycles. The molecule has 4 nitrogen and oxygen atoms in total. The van der Waals surface area contributed by atoms with Crippen molar-refractivity contribution >= 4 is 23.2 Å². The molecule has 29 heavy (non-hydrogen) atoms. The molecule has 3 aromatic carbocycles. The van der Waals surface area contributed by atoms with E-state index in [1.807, 2.05) is 45.0 Å². The van der Waals surface area contributed by atoms with E-state index in [0.717, 1.165) is 22.4 Å². The van der Waals surface area contributed by atoms with E-state index in [1.54, 1.807) is 30.3 Å².